The number of benzene rings is 2. The maximum atomic E-state index is 12.8. The standard InChI is InChI=1S/C17H17FN4O3S/c1-24-15-8-2-12(3-9-15)10-19-25-11-16(23)21-22-17(26)20-14-6-4-13(18)5-7-14/h2-10H,11H2,1H3,(H,21,23)(H2,20,22,26)/b19-10-. The summed E-state index contributed by atoms with van der Waals surface area (Å²) in [6.07, 6.45) is 1.47. The minimum atomic E-state index is -0.472. The van der Waals surface area contributed by atoms with E-state index in [-0.39, 0.29) is 17.5 Å². The molecule has 136 valence electrons. The van der Waals surface area contributed by atoms with Gasteiger partial charge in [-0.05, 0) is 66.3 Å². The van der Waals surface area contributed by atoms with Gasteiger partial charge in [-0.25, -0.2) is 4.39 Å². The number of thiocarbonyl (C=S) groups is 1. The van der Waals surface area contributed by atoms with Crippen LogP contribution in [0, 0.1) is 5.82 Å². The monoisotopic (exact) mass is 376 g/mol. The number of rotatable bonds is 6. The van der Waals surface area contributed by atoms with Crippen molar-refractivity contribution in [1.82, 2.24) is 10.9 Å². The topological polar surface area (TPSA) is 84.0 Å². The van der Waals surface area contributed by atoms with Crippen molar-refractivity contribution in [2.45, 2.75) is 0 Å². The summed E-state index contributed by atoms with van der Waals surface area (Å²) >= 11 is 5.00. The van der Waals surface area contributed by atoms with E-state index in [9.17, 15) is 9.18 Å². The Morgan fingerprint density at radius 1 is 1.15 bits per heavy atom. The summed E-state index contributed by atoms with van der Waals surface area (Å²) in [5, 5.41) is 6.63. The van der Waals surface area contributed by atoms with Crippen molar-refractivity contribution in [3.63, 3.8) is 0 Å². The van der Waals surface area contributed by atoms with E-state index in [4.69, 9.17) is 21.8 Å². The summed E-state index contributed by atoms with van der Waals surface area (Å²) in [6.45, 7) is -0.293. The molecule has 0 heterocycles. The third kappa shape index (κ3) is 6.73. The van der Waals surface area contributed by atoms with E-state index in [0.29, 0.717) is 5.69 Å². The van der Waals surface area contributed by atoms with Gasteiger partial charge in [0.2, 0.25) is 0 Å². The summed E-state index contributed by atoms with van der Waals surface area (Å²) in [5.74, 6) is -0.0889. The van der Waals surface area contributed by atoms with Crippen LogP contribution in [0.2, 0.25) is 0 Å². The molecular formula is C17H17FN4O3S. The Balaban J connectivity index is 1.65. The number of anilines is 1. The first kappa shape index (κ1) is 19.1. The van der Waals surface area contributed by atoms with Crippen LogP contribution in [0.15, 0.2) is 53.7 Å². The molecule has 0 bridgehead atoms. The molecule has 2 rings (SSSR count). The van der Waals surface area contributed by atoms with Gasteiger partial charge < -0.3 is 14.9 Å². The molecule has 0 saturated heterocycles. The van der Waals surface area contributed by atoms with Gasteiger partial charge in [0.1, 0.15) is 11.6 Å². The zero-order chi connectivity index (χ0) is 18.8. The molecule has 3 N–H and O–H groups in total. The minimum absolute atomic E-state index is 0.145. The molecule has 9 heteroatoms. The number of nitrogens with zero attached hydrogens (tertiary/aromatic N) is 1. The molecule has 0 atom stereocenters. The number of hydrazine groups is 1. The second kappa shape index (κ2) is 9.94. The van der Waals surface area contributed by atoms with Crippen LogP contribution in [-0.2, 0) is 9.63 Å². The number of carbonyl (C=O) groups is 1. The van der Waals surface area contributed by atoms with Crippen LogP contribution in [0.25, 0.3) is 0 Å². The highest BCUT2D eigenvalue weighted by molar-refractivity contribution is 7.80. The smallest absolute Gasteiger partial charge is 0.279 e. The van der Waals surface area contributed by atoms with Crippen LogP contribution < -0.4 is 20.9 Å². The van der Waals surface area contributed by atoms with E-state index in [1.165, 1.54) is 30.5 Å². The predicted molar refractivity (Wildman–Crippen MR) is 100 cm³/mol. The Bertz CT molecular complexity index is 767. The maximum Gasteiger partial charge on any atom is 0.279 e. The first-order valence-corrected chi connectivity index (χ1v) is 7.88. The van der Waals surface area contributed by atoms with Crippen LogP contribution in [0.4, 0.5) is 10.1 Å². The number of oxime groups is 1. The van der Waals surface area contributed by atoms with Gasteiger partial charge >= 0.3 is 0 Å². The van der Waals surface area contributed by atoms with Crippen LogP contribution in [0.3, 0.4) is 0 Å². The largest absolute Gasteiger partial charge is 0.497 e. The fourth-order valence-corrected chi connectivity index (χ4v) is 1.91. The molecule has 0 aromatic heterocycles. The Hall–Kier alpha value is -3.20. The summed E-state index contributed by atoms with van der Waals surface area (Å²) in [4.78, 5) is 16.5. The number of amides is 1. The number of hydrogen-bond acceptors (Lipinski definition) is 5. The van der Waals surface area contributed by atoms with E-state index in [1.807, 2.05) is 0 Å². The van der Waals surface area contributed by atoms with Gasteiger partial charge in [0.25, 0.3) is 5.91 Å². The van der Waals surface area contributed by atoms with E-state index < -0.39 is 5.91 Å². The third-order valence-corrected chi connectivity index (χ3v) is 3.21. The van der Waals surface area contributed by atoms with Crippen LogP contribution in [0.5, 0.6) is 5.75 Å². The van der Waals surface area contributed by atoms with Gasteiger partial charge in [-0.3, -0.25) is 15.6 Å². The second-order valence-electron chi connectivity index (χ2n) is 4.92. The van der Waals surface area contributed by atoms with Crippen LogP contribution in [-0.4, -0.2) is 31.0 Å². The average Bonchev–Trinajstić information content (AvgIpc) is 2.66. The fraction of sp³-hybridized carbons (Fsp3) is 0.118. The lowest BCUT2D eigenvalue weighted by Crippen LogP contribution is -2.45. The van der Waals surface area contributed by atoms with Crippen molar-refractivity contribution in [1.29, 1.82) is 0 Å². The predicted octanol–water partition coefficient (Wildman–Crippen LogP) is 2.20. The first-order chi connectivity index (χ1) is 12.6. The molecule has 0 saturated carbocycles. The normalized spacial score (nSPS) is 10.2. The third-order valence-electron chi connectivity index (χ3n) is 3.01. The highest BCUT2D eigenvalue weighted by Gasteiger charge is 2.03. The number of carbonyl (C=O) groups excluding carboxylic acids is 1. The second-order valence-corrected chi connectivity index (χ2v) is 5.32. The Labute approximate surface area is 155 Å². The first-order valence-electron chi connectivity index (χ1n) is 7.47. The molecule has 1 amide bonds. The average molecular weight is 376 g/mol. The Morgan fingerprint density at radius 3 is 2.50 bits per heavy atom. The molecule has 0 unspecified atom stereocenters. The van der Waals surface area contributed by atoms with Crippen molar-refractivity contribution in [2.75, 3.05) is 19.0 Å². The van der Waals surface area contributed by atoms with Crippen molar-refractivity contribution in [3.05, 3.63) is 59.9 Å². The van der Waals surface area contributed by atoms with Crippen molar-refractivity contribution < 1.29 is 18.8 Å². The SMILES string of the molecule is COc1ccc(/C=N\OCC(=O)NNC(=S)Nc2ccc(F)cc2)cc1. The van der Waals surface area contributed by atoms with E-state index in [2.05, 4.69) is 21.3 Å². The summed E-state index contributed by atoms with van der Waals surface area (Å²) in [7, 11) is 1.58. The lowest BCUT2D eigenvalue weighted by atomic mass is 10.2. The molecule has 0 aliphatic rings. The lowest BCUT2D eigenvalue weighted by Gasteiger charge is -2.11. The number of nitrogens with one attached hydrogen (secondary N) is 3. The highest BCUT2D eigenvalue weighted by Crippen LogP contribution is 2.09. The molecule has 26 heavy (non-hydrogen) atoms. The molecule has 0 fully saturated rings. The van der Waals surface area contributed by atoms with E-state index >= 15 is 0 Å². The molecule has 0 spiro atoms. The van der Waals surface area contributed by atoms with Gasteiger partial charge in [-0.2, -0.15) is 0 Å². The van der Waals surface area contributed by atoms with Crippen LogP contribution in [0.1, 0.15) is 5.56 Å². The summed E-state index contributed by atoms with van der Waals surface area (Å²) < 4.78 is 17.9. The summed E-state index contributed by atoms with van der Waals surface area (Å²) in [5.41, 5.74) is 6.23. The molecular weight excluding hydrogens is 359 g/mol. The Morgan fingerprint density at radius 2 is 1.85 bits per heavy atom. The van der Waals surface area contributed by atoms with E-state index in [1.54, 1.807) is 31.4 Å². The van der Waals surface area contributed by atoms with E-state index in [0.717, 1.165) is 11.3 Å². The Kier molecular flexibility index (Phi) is 7.31. The lowest BCUT2D eigenvalue weighted by molar-refractivity contribution is -0.126. The maximum absolute atomic E-state index is 12.8. The highest BCUT2D eigenvalue weighted by atomic mass is 32.1. The quantitative estimate of drug-likeness (QED) is 0.407. The number of methoxy groups -OCH3 is 1. The molecule has 7 nitrogen and oxygen atoms in total. The molecule has 2 aromatic carbocycles. The number of hydrogen-bond donors (Lipinski definition) is 3. The van der Waals surface area contributed by atoms with Crippen molar-refractivity contribution in [2.24, 2.45) is 5.16 Å². The zero-order valence-corrected chi connectivity index (χ0v) is 14.7. The minimum Gasteiger partial charge on any atom is -0.497 e. The summed E-state index contributed by atoms with van der Waals surface area (Å²) in [6, 6.07) is 12.8. The van der Waals surface area contributed by atoms with Gasteiger partial charge in [0.15, 0.2) is 11.7 Å². The number of ether oxygens (including phenoxy) is 1. The van der Waals surface area contributed by atoms with Crippen molar-refractivity contribution >= 4 is 35.1 Å². The van der Waals surface area contributed by atoms with Crippen LogP contribution >= 0.6 is 12.2 Å². The van der Waals surface area contributed by atoms with Crippen molar-refractivity contribution in [3.8, 4) is 5.75 Å². The molecule has 0 radical (unpaired) electrons. The fourth-order valence-electron chi connectivity index (χ4n) is 1.74. The van der Waals surface area contributed by atoms with Gasteiger partial charge in [0, 0.05) is 5.69 Å². The molecule has 2 aromatic rings. The molecule has 0 aliphatic carbocycles. The van der Waals surface area contributed by atoms with Gasteiger partial charge in [-0.15, -0.1) is 0 Å². The molecule has 0 aliphatic heterocycles. The number of halogens is 1. The van der Waals surface area contributed by atoms with Gasteiger partial charge in [-0.1, -0.05) is 5.16 Å². The zero-order valence-electron chi connectivity index (χ0n) is 13.9. The van der Waals surface area contributed by atoms with Gasteiger partial charge in [0.05, 0.1) is 13.3 Å².